The Balaban J connectivity index is 2.35. The second-order valence-corrected chi connectivity index (χ2v) is 5.05. The third-order valence-corrected chi connectivity index (χ3v) is 3.35. The van der Waals surface area contributed by atoms with Gasteiger partial charge in [0.15, 0.2) is 0 Å². The van der Waals surface area contributed by atoms with Crippen molar-refractivity contribution in [1.29, 1.82) is 0 Å². The molecule has 8 heteroatoms. The fourth-order valence-electron chi connectivity index (χ4n) is 2.10. The fraction of sp³-hybridized carbons (Fsp3) is 0.571. The van der Waals surface area contributed by atoms with E-state index in [4.69, 9.17) is 0 Å². The zero-order valence-corrected chi connectivity index (χ0v) is 12.9. The van der Waals surface area contributed by atoms with E-state index >= 15 is 0 Å². The van der Waals surface area contributed by atoms with E-state index in [9.17, 15) is 19.2 Å². The Bertz CT molecular complexity index is 469. The van der Waals surface area contributed by atoms with E-state index in [2.05, 4.69) is 17.2 Å². The van der Waals surface area contributed by atoms with Gasteiger partial charge in [0.2, 0.25) is 23.6 Å². The minimum atomic E-state index is -0.688. The summed E-state index contributed by atoms with van der Waals surface area (Å²) in [7, 11) is 0. The molecule has 0 bridgehead atoms. The van der Waals surface area contributed by atoms with Gasteiger partial charge in [0.25, 0.3) is 0 Å². The Labute approximate surface area is 129 Å². The predicted octanol–water partition coefficient (Wildman–Crippen LogP) is -1.52. The molecular weight excluding hydrogens is 288 g/mol. The molecule has 0 unspecified atom stereocenters. The summed E-state index contributed by atoms with van der Waals surface area (Å²) in [6.07, 6.45) is 1.25. The van der Waals surface area contributed by atoms with E-state index in [1.165, 1.54) is 13.0 Å². The lowest BCUT2D eigenvalue weighted by Gasteiger charge is -2.34. The van der Waals surface area contributed by atoms with Crippen molar-refractivity contribution in [1.82, 2.24) is 20.4 Å². The number of rotatable bonds is 5. The second kappa shape index (κ2) is 8.16. The van der Waals surface area contributed by atoms with Crippen LogP contribution < -0.4 is 10.6 Å². The van der Waals surface area contributed by atoms with Gasteiger partial charge in [-0.3, -0.25) is 19.2 Å². The highest BCUT2D eigenvalue weighted by Gasteiger charge is 2.23. The number of amides is 4. The molecule has 1 aliphatic heterocycles. The van der Waals surface area contributed by atoms with Crippen LogP contribution in [-0.4, -0.2) is 72.2 Å². The molecule has 0 spiro atoms. The van der Waals surface area contributed by atoms with Gasteiger partial charge in [0.05, 0.1) is 6.54 Å². The molecule has 122 valence electrons. The summed E-state index contributed by atoms with van der Waals surface area (Å²) in [5.41, 5.74) is 0. The molecule has 0 aromatic rings. The van der Waals surface area contributed by atoms with Crippen molar-refractivity contribution >= 4 is 23.6 Å². The summed E-state index contributed by atoms with van der Waals surface area (Å²) in [6.45, 7) is 7.92. The van der Waals surface area contributed by atoms with E-state index in [1.807, 2.05) is 0 Å². The Morgan fingerprint density at radius 1 is 1.14 bits per heavy atom. The van der Waals surface area contributed by atoms with Gasteiger partial charge in [-0.15, -0.1) is 0 Å². The number of carbonyl (C=O) groups is 4. The maximum atomic E-state index is 12.0. The number of carbonyl (C=O) groups excluding carboxylic acids is 4. The molecule has 1 saturated heterocycles. The summed E-state index contributed by atoms with van der Waals surface area (Å²) >= 11 is 0. The molecule has 0 aliphatic carbocycles. The lowest BCUT2D eigenvalue weighted by Crippen LogP contribution is -2.53. The van der Waals surface area contributed by atoms with Crippen molar-refractivity contribution in [2.45, 2.75) is 19.9 Å². The molecule has 22 heavy (non-hydrogen) atoms. The summed E-state index contributed by atoms with van der Waals surface area (Å²) in [6, 6.07) is -0.688. The van der Waals surface area contributed by atoms with Gasteiger partial charge in [-0.1, -0.05) is 6.58 Å². The van der Waals surface area contributed by atoms with Crippen molar-refractivity contribution in [2.24, 2.45) is 0 Å². The van der Waals surface area contributed by atoms with Crippen molar-refractivity contribution < 1.29 is 19.2 Å². The molecule has 4 amide bonds. The van der Waals surface area contributed by atoms with Crippen LogP contribution in [0.3, 0.4) is 0 Å². The molecule has 2 N–H and O–H groups in total. The number of hydrogen-bond donors (Lipinski definition) is 2. The summed E-state index contributed by atoms with van der Waals surface area (Å²) < 4.78 is 0. The molecule has 1 fully saturated rings. The molecule has 1 atom stereocenters. The van der Waals surface area contributed by atoms with Crippen molar-refractivity contribution in [2.75, 3.05) is 32.7 Å². The number of piperazine rings is 1. The summed E-state index contributed by atoms with van der Waals surface area (Å²) in [5, 5.41) is 4.93. The monoisotopic (exact) mass is 310 g/mol. The first-order valence-electron chi connectivity index (χ1n) is 7.09. The van der Waals surface area contributed by atoms with Crippen molar-refractivity contribution in [3.05, 3.63) is 12.7 Å². The first-order valence-corrected chi connectivity index (χ1v) is 7.09. The van der Waals surface area contributed by atoms with Gasteiger partial charge in [0.1, 0.15) is 6.04 Å². The Morgan fingerprint density at radius 2 is 1.68 bits per heavy atom. The normalized spacial score (nSPS) is 15.7. The van der Waals surface area contributed by atoms with Gasteiger partial charge in [-0.05, 0) is 13.0 Å². The largest absolute Gasteiger partial charge is 0.345 e. The van der Waals surface area contributed by atoms with E-state index < -0.39 is 11.9 Å². The molecule has 0 aromatic heterocycles. The average Bonchev–Trinajstić information content (AvgIpc) is 2.50. The predicted molar refractivity (Wildman–Crippen MR) is 79.6 cm³/mol. The maximum absolute atomic E-state index is 12.0. The number of nitrogens with zero attached hydrogens (tertiary/aromatic N) is 2. The average molecular weight is 310 g/mol. The van der Waals surface area contributed by atoms with Crippen LogP contribution >= 0.6 is 0 Å². The van der Waals surface area contributed by atoms with Crippen LogP contribution in [0.1, 0.15) is 13.8 Å². The van der Waals surface area contributed by atoms with Crippen molar-refractivity contribution in [3.63, 3.8) is 0 Å². The van der Waals surface area contributed by atoms with Gasteiger partial charge in [-0.25, -0.2) is 0 Å². The molecule has 1 aliphatic rings. The Morgan fingerprint density at radius 3 is 2.18 bits per heavy atom. The van der Waals surface area contributed by atoms with E-state index in [1.54, 1.807) is 16.7 Å². The third-order valence-electron chi connectivity index (χ3n) is 3.35. The Hall–Kier alpha value is -2.38. The first kappa shape index (κ1) is 17.7. The number of nitrogens with one attached hydrogen (secondary N) is 2. The van der Waals surface area contributed by atoms with E-state index in [0.717, 1.165) is 0 Å². The topological polar surface area (TPSA) is 98.8 Å². The van der Waals surface area contributed by atoms with Crippen LogP contribution in [0.25, 0.3) is 0 Å². The molecule has 0 saturated carbocycles. The van der Waals surface area contributed by atoms with E-state index in [0.29, 0.717) is 26.2 Å². The maximum Gasteiger partial charge on any atom is 0.246 e. The highest BCUT2D eigenvalue weighted by molar-refractivity contribution is 5.90. The van der Waals surface area contributed by atoms with Crippen LogP contribution in [0.15, 0.2) is 12.7 Å². The van der Waals surface area contributed by atoms with Crippen molar-refractivity contribution in [3.8, 4) is 0 Å². The summed E-state index contributed by atoms with van der Waals surface area (Å²) in [4.78, 5) is 49.2. The van der Waals surface area contributed by atoms with Gasteiger partial charge < -0.3 is 20.4 Å². The molecule has 1 heterocycles. The van der Waals surface area contributed by atoms with Gasteiger partial charge in [0, 0.05) is 33.1 Å². The lowest BCUT2D eigenvalue weighted by atomic mass is 10.3. The van der Waals surface area contributed by atoms with Crippen LogP contribution in [0.5, 0.6) is 0 Å². The highest BCUT2D eigenvalue weighted by atomic mass is 16.2. The zero-order valence-electron chi connectivity index (χ0n) is 12.9. The van der Waals surface area contributed by atoms with Crippen LogP contribution in [0, 0.1) is 0 Å². The minimum Gasteiger partial charge on any atom is -0.345 e. The minimum absolute atomic E-state index is 0.127. The van der Waals surface area contributed by atoms with E-state index in [-0.39, 0.29) is 24.3 Å². The third kappa shape index (κ3) is 5.19. The van der Waals surface area contributed by atoms with Crippen LogP contribution in [0.4, 0.5) is 0 Å². The van der Waals surface area contributed by atoms with Gasteiger partial charge >= 0.3 is 0 Å². The first-order chi connectivity index (χ1) is 10.3. The fourth-order valence-corrected chi connectivity index (χ4v) is 2.10. The molecule has 0 radical (unpaired) electrons. The lowest BCUT2D eigenvalue weighted by molar-refractivity contribution is -0.137. The zero-order chi connectivity index (χ0) is 16.7. The number of hydrogen-bond acceptors (Lipinski definition) is 4. The van der Waals surface area contributed by atoms with Crippen LogP contribution in [-0.2, 0) is 19.2 Å². The molecule has 8 nitrogen and oxygen atoms in total. The smallest absolute Gasteiger partial charge is 0.246 e. The molecule has 1 rings (SSSR count). The second-order valence-electron chi connectivity index (χ2n) is 5.05. The SMILES string of the molecule is C=CC(=O)N1CCN(C(=O)CNC(=O)[C@@H](C)NC(C)=O)CC1. The molecule has 0 aromatic carbocycles. The quantitative estimate of drug-likeness (QED) is 0.603. The highest BCUT2D eigenvalue weighted by Crippen LogP contribution is 2.02. The Kier molecular flexibility index (Phi) is 6.55. The molecular formula is C14H22N4O4. The van der Waals surface area contributed by atoms with Gasteiger partial charge in [-0.2, -0.15) is 0 Å². The van der Waals surface area contributed by atoms with Crippen LogP contribution in [0.2, 0.25) is 0 Å². The standard InChI is InChI=1S/C14H22N4O4/c1-4-12(20)17-5-7-18(8-6-17)13(21)9-15-14(22)10(2)16-11(3)19/h4,10H,1,5-9H2,2-3H3,(H,15,22)(H,16,19)/t10-/m1/s1. The summed E-state index contributed by atoms with van der Waals surface area (Å²) in [5.74, 6) is -1.08.